The quantitative estimate of drug-likeness (QED) is 0.146. The fraction of sp³-hybridized carbons (Fsp3) is 0.444. The number of aromatic nitrogens is 12. The zero-order valence-corrected chi connectivity index (χ0v) is 69.9. The van der Waals surface area contributed by atoms with Crippen LogP contribution in [0.4, 0.5) is 0 Å². The Bertz CT molecular complexity index is 3220. The molecule has 13 rings (SSSR count). The molecule has 0 saturated carbocycles. The average Bonchev–Trinajstić information content (AvgIpc) is 1.86. The van der Waals surface area contributed by atoms with Gasteiger partial charge in [-0.1, -0.05) is 249 Å². The smallest absolute Gasteiger partial charge is 0.347 e. The van der Waals surface area contributed by atoms with Crippen LogP contribution in [0, 0.1) is 55.4 Å². The summed E-state index contributed by atoms with van der Waals surface area (Å²) >= 11 is 3.60. The van der Waals surface area contributed by atoms with Crippen LogP contribution in [0.3, 0.4) is 0 Å². The highest BCUT2D eigenvalue weighted by Gasteiger charge is 2.11. The molecule has 1 atom stereocenters. The highest BCUT2D eigenvalue weighted by atomic mass is 32.2. The molecule has 9 heterocycles. The first-order valence-electron chi connectivity index (χ1n) is 35.8. The Balaban J connectivity index is -0.000000191. The van der Waals surface area contributed by atoms with Gasteiger partial charge in [0.2, 0.25) is 0 Å². The van der Waals surface area contributed by atoms with E-state index in [9.17, 15) is 4.79 Å². The molecule has 18 nitrogen and oxygen atoms in total. The molecule has 1 unspecified atom stereocenters. The van der Waals surface area contributed by atoms with Crippen LogP contribution in [0.2, 0.25) is 0 Å². The number of fused-ring (bicyclic) bond motifs is 1. The van der Waals surface area contributed by atoms with Gasteiger partial charge in [-0.3, -0.25) is 4.98 Å². The van der Waals surface area contributed by atoms with E-state index < -0.39 is 0 Å². The molecule has 12 aromatic rings. The second kappa shape index (κ2) is 77.0. The molecule has 0 spiro atoms. The highest BCUT2D eigenvalue weighted by Crippen LogP contribution is 2.19. The van der Waals surface area contributed by atoms with Crippen molar-refractivity contribution in [3.63, 3.8) is 0 Å². The van der Waals surface area contributed by atoms with Crippen LogP contribution in [0.15, 0.2) is 212 Å². The number of benzene rings is 4. The molecular formula is C81H135N13O5S2. The Kier molecular flexibility index (Phi) is 80.6. The van der Waals surface area contributed by atoms with E-state index in [4.69, 9.17) is 8.94 Å². The molecule has 1 aliphatic rings. The summed E-state index contributed by atoms with van der Waals surface area (Å²) in [5, 5.41) is 28.5. The summed E-state index contributed by atoms with van der Waals surface area (Å²) in [6.45, 7) is 64.3. The number of H-pyrrole nitrogens is 2. The number of hydrogen-bond acceptors (Lipinski definition) is 16. The molecule has 1 aliphatic heterocycles. The minimum atomic E-state index is -0.219. The monoisotopic (exact) mass is 1430 g/mol. The van der Waals surface area contributed by atoms with E-state index in [1.165, 1.54) is 44.1 Å². The second-order valence-electron chi connectivity index (χ2n) is 19.0. The van der Waals surface area contributed by atoms with Gasteiger partial charge < -0.3 is 28.3 Å². The van der Waals surface area contributed by atoms with Crippen molar-refractivity contribution in [3.8, 4) is 16.8 Å². The lowest BCUT2D eigenvalue weighted by atomic mass is 10.1. The lowest BCUT2D eigenvalue weighted by Gasteiger charge is -2.17. The minimum Gasteiger partial charge on any atom is -0.470 e. The zero-order valence-electron chi connectivity index (χ0n) is 68.2. The SMILES string of the molecule is CC.CC.CC.CC.CC.CC.CC.CC.CC.CC.CC(C)(C)n1cncn1.CC1CSCN1.Cc1ccc(-c2cnoc2)cc1.Cc1ccc(-n2cn[nH]c2=O)cc1.Cc1ccc2ccccc2c1.Cc1ccco1.Cc1ccno1.Cc1cnc[nH]1.Cc1cnoc1.Cc1cscn1. The van der Waals surface area contributed by atoms with Crippen molar-refractivity contribution in [2.75, 3.05) is 11.6 Å². The molecule has 20 heteroatoms. The summed E-state index contributed by atoms with van der Waals surface area (Å²) in [4.78, 5) is 25.6. The Morgan fingerprint density at radius 2 is 1.12 bits per heavy atom. The Hall–Kier alpha value is -8.72. The van der Waals surface area contributed by atoms with Crippen molar-refractivity contribution in [2.45, 2.75) is 233 Å². The summed E-state index contributed by atoms with van der Waals surface area (Å²) in [7, 11) is 0. The maximum atomic E-state index is 11.1. The first-order valence-corrected chi connectivity index (χ1v) is 37.9. The molecule has 1 saturated heterocycles. The molecule has 1 fully saturated rings. The first-order chi connectivity index (χ1) is 49.0. The van der Waals surface area contributed by atoms with E-state index in [-0.39, 0.29) is 11.2 Å². The number of imidazole rings is 1. The second-order valence-corrected chi connectivity index (χ2v) is 20.8. The number of rotatable bonds is 2. The number of furan rings is 1. The van der Waals surface area contributed by atoms with Crippen molar-refractivity contribution in [2.24, 2.45) is 0 Å². The van der Waals surface area contributed by atoms with Gasteiger partial charge in [0.1, 0.15) is 43.0 Å². The third-order valence-electron chi connectivity index (χ3n) is 10.6. The number of thiazole rings is 1. The van der Waals surface area contributed by atoms with Crippen LogP contribution in [0.1, 0.15) is 211 Å². The van der Waals surface area contributed by atoms with E-state index in [1.54, 1.807) is 80.0 Å². The van der Waals surface area contributed by atoms with Crippen molar-refractivity contribution >= 4 is 33.9 Å². The van der Waals surface area contributed by atoms with Gasteiger partial charge in [-0.25, -0.2) is 29.1 Å². The van der Waals surface area contributed by atoms with Crippen molar-refractivity contribution in [3.05, 3.63) is 245 Å². The molecule has 8 aromatic heterocycles. The third-order valence-corrected chi connectivity index (χ3v) is 12.4. The van der Waals surface area contributed by atoms with Crippen LogP contribution in [0.25, 0.3) is 27.6 Å². The summed E-state index contributed by atoms with van der Waals surface area (Å²) in [6, 6.07) is 37.2. The third kappa shape index (κ3) is 58.8. The van der Waals surface area contributed by atoms with Crippen LogP contribution < -0.4 is 11.0 Å². The number of nitrogens with zero attached hydrogens (tertiary/aromatic N) is 10. The van der Waals surface area contributed by atoms with Gasteiger partial charge in [-0.2, -0.15) is 10.2 Å². The molecule has 0 radical (unpaired) electrons. The number of nitrogens with one attached hydrogen (secondary N) is 3. The van der Waals surface area contributed by atoms with Crippen LogP contribution in [-0.4, -0.2) is 77.6 Å². The zero-order chi connectivity index (χ0) is 78.7. The topological polar surface area (TPSA) is 226 Å². The maximum Gasteiger partial charge on any atom is 0.347 e. The van der Waals surface area contributed by atoms with Crippen molar-refractivity contribution in [1.29, 1.82) is 0 Å². The molecule has 101 heavy (non-hydrogen) atoms. The van der Waals surface area contributed by atoms with E-state index >= 15 is 0 Å². The highest BCUT2D eigenvalue weighted by molar-refractivity contribution is 7.99. The van der Waals surface area contributed by atoms with Crippen LogP contribution in [-0.2, 0) is 5.54 Å². The van der Waals surface area contributed by atoms with Crippen LogP contribution >= 0.6 is 23.1 Å². The Morgan fingerprint density at radius 3 is 1.42 bits per heavy atom. The standard InChI is InChI=1S/C11H10.C10H9NO.C9H9N3O.C6H11N3.C5H6O.C4H6N2.2C4H5NO.C4H9NS.C4H5NS.10C2H6/c1-9-6-7-10-4-2-3-5-11(10)8-9;1-8-2-4-9(5-3-8)10-6-11-12-7-10;1-7-2-4-8(5-3-7)12-6-10-11-9(12)13;1-6(2,3)9-5-7-4-8-9;1-5-3-2-4-6-5;1-4-2-5-3-6-4;1-4-2-5-6-3-4;1-4-2-3-5-6-4;2*1-4-2-6-3-5-4;10*1-2/h2-8H,1H3;2-7H,1H3;2-6H,1H3,(H,11,13);4-5H,1-3H3;2-4H,1H3;2-3H,1H3,(H,5,6);2*2-3H,1H3;4-5H,2-3H2,1H3;2-3H,1H3;10*1-2H3. The van der Waals surface area contributed by atoms with Gasteiger partial charge >= 0.3 is 5.69 Å². The number of aromatic amines is 2. The molecule has 0 amide bonds. The predicted molar refractivity (Wildman–Crippen MR) is 439 cm³/mol. The predicted octanol–water partition coefficient (Wildman–Crippen LogP) is 24.4. The fourth-order valence-electron chi connectivity index (χ4n) is 6.09. The van der Waals surface area contributed by atoms with Crippen LogP contribution in [0.5, 0.6) is 0 Å². The molecular weight excluding hydrogens is 1300 g/mol. The Labute approximate surface area is 619 Å². The molecule has 0 aliphatic carbocycles. The fourth-order valence-corrected chi connectivity index (χ4v) is 7.62. The van der Waals surface area contributed by atoms with Crippen molar-refractivity contribution < 1.29 is 18.0 Å². The van der Waals surface area contributed by atoms with E-state index in [0.717, 1.165) is 57.2 Å². The van der Waals surface area contributed by atoms with Gasteiger partial charge in [0.25, 0.3) is 0 Å². The van der Waals surface area contributed by atoms with Gasteiger partial charge in [0.05, 0.1) is 47.9 Å². The van der Waals surface area contributed by atoms with E-state index in [2.05, 4.69) is 173 Å². The number of aryl methyl sites for hydroxylation is 8. The summed E-state index contributed by atoms with van der Waals surface area (Å²) in [5.74, 6) is 4.27. The summed E-state index contributed by atoms with van der Waals surface area (Å²) in [6.07, 6.45) is 18.1. The summed E-state index contributed by atoms with van der Waals surface area (Å²) < 4.78 is 21.9. The lowest BCUT2D eigenvalue weighted by molar-refractivity contribution is 0.354. The number of thioether (sulfide) groups is 1. The molecule has 566 valence electrons. The first kappa shape index (κ1) is 106. The van der Waals surface area contributed by atoms with Gasteiger partial charge in [-0.05, 0) is 124 Å². The van der Waals surface area contributed by atoms with E-state index in [1.807, 2.05) is 244 Å². The van der Waals surface area contributed by atoms with E-state index in [0.29, 0.717) is 0 Å². The molecule has 4 aromatic carbocycles. The van der Waals surface area contributed by atoms with Gasteiger partial charge in [0, 0.05) is 57.8 Å². The average molecular weight is 1440 g/mol. The lowest BCUT2D eigenvalue weighted by Crippen LogP contribution is -2.21. The minimum absolute atomic E-state index is 0.0660. The Morgan fingerprint density at radius 1 is 0.554 bits per heavy atom. The number of hydrogen-bond donors (Lipinski definition) is 3. The maximum absolute atomic E-state index is 11.1. The molecule has 0 bridgehead atoms. The largest absolute Gasteiger partial charge is 0.470 e. The normalized spacial score (nSPS) is 9.96. The van der Waals surface area contributed by atoms with Crippen molar-refractivity contribution in [1.82, 2.24) is 65.3 Å². The van der Waals surface area contributed by atoms with Gasteiger partial charge in [-0.15, -0.1) is 23.1 Å². The van der Waals surface area contributed by atoms with Gasteiger partial charge in [0.15, 0.2) is 0 Å². The summed E-state index contributed by atoms with van der Waals surface area (Å²) in [5.41, 5.74) is 11.7. The molecule has 3 N–H and O–H groups in total.